The number of aromatic nitrogens is 1. The number of hydrogen-bond acceptors (Lipinski definition) is 9. The molecule has 262 valence electrons. The van der Waals surface area contributed by atoms with Crippen molar-refractivity contribution in [3.8, 4) is 17.2 Å². The Balaban J connectivity index is 1.43. The quantitative estimate of drug-likeness (QED) is 0.158. The van der Waals surface area contributed by atoms with Gasteiger partial charge in [-0.25, -0.2) is 4.79 Å². The molecule has 0 radical (unpaired) electrons. The van der Waals surface area contributed by atoms with Gasteiger partial charge in [0.15, 0.2) is 11.5 Å². The number of piperidine rings is 3. The van der Waals surface area contributed by atoms with Crippen molar-refractivity contribution in [2.45, 2.75) is 37.8 Å². The molecule has 3 aliphatic heterocycles. The average molecular weight is 723 g/mol. The third kappa shape index (κ3) is 7.40. The highest BCUT2D eigenvalue weighted by molar-refractivity contribution is 6.35. The summed E-state index contributed by atoms with van der Waals surface area (Å²) in [6.45, 7) is 2.57. The number of ether oxygens (including phenoxy) is 3. The molecule has 2 atom stereocenters. The lowest BCUT2D eigenvalue weighted by molar-refractivity contribution is -0.904. The van der Waals surface area contributed by atoms with Gasteiger partial charge < -0.3 is 29.2 Å². The van der Waals surface area contributed by atoms with Gasteiger partial charge in [-0.05, 0) is 79.2 Å². The fourth-order valence-corrected chi connectivity index (χ4v) is 7.57. The molecule has 11 nitrogen and oxygen atoms in total. The van der Waals surface area contributed by atoms with Crippen LogP contribution in [0.5, 0.6) is 17.2 Å². The second kappa shape index (κ2) is 15.0. The molecule has 3 fully saturated rings. The number of aromatic hydroxyl groups is 1. The monoisotopic (exact) mass is 721 g/mol. The molecule has 0 spiro atoms. The van der Waals surface area contributed by atoms with Gasteiger partial charge in [0.05, 0.1) is 32.4 Å². The van der Waals surface area contributed by atoms with E-state index < -0.39 is 18.0 Å². The molecule has 1 aromatic heterocycles. The van der Waals surface area contributed by atoms with Crippen LogP contribution in [0, 0.1) is 5.92 Å². The van der Waals surface area contributed by atoms with Crippen LogP contribution in [-0.2, 0) is 17.7 Å². The number of anilines is 1. The van der Waals surface area contributed by atoms with E-state index in [2.05, 4.69) is 4.90 Å². The number of rotatable bonds is 11. The van der Waals surface area contributed by atoms with Crippen LogP contribution >= 0.6 is 23.2 Å². The topological polar surface area (TPSA) is 136 Å². The highest BCUT2D eigenvalue weighted by Crippen LogP contribution is 2.40. The van der Waals surface area contributed by atoms with Gasteiger partial charge in [-0.1, -0.05) is 59.6 Å². The lowest BCUT2D eigenvalue weighted by atomic mass is 9.82. The summed E-state index contributed by atoms with van der Waals surface area (Å²) in [5.74, 6) is -1.05. The SMILES string of the molecule is COc1ccc([C@H](Cc2c(Cl)c[n+](O)cc2Cl)c2cc(CN(C(=O)O[C@H]3CN4CCC3CC4)c3ccccc3O)ccc2C(=O)[O-])cc1OC. The van der Waals surface area contributed by atoms with Gasteiger partial charge in [-0.2, -0.15) is 0 Å². The Morgan fingerprint density at radius 1 is 1.00 bits per heavy atom. The standard InChI is InChI=1S/C37H37Cl2N3O8/c1-48-33-10-8-24(16-34(33)49-2)26(17-28-29(38)19-41(47)20-30(28)39)27-15-22(7-9-25(27)36(44)45)18-42(31-5-3-4-6-32(31)43)37(46)50-35-21-40-13-11-23(35)12-14-40/h3-10,15-16,19-20,23,26,35H,11-14,17-18,21H2,1-2H3,(H2-,43,44,45,47)/t26-,35-/m0/s1. The summed E-state index contributed by atoms with van der Waals surface area (Å²) in [4.78, 5) is 30.2. The molecule has 2 N–H and O–H groups in total. The van der Waals surface area contributed by atoms with Gasteiger partial charge in [0, 0.05) is 28.3 Å². The first-order valence-electron chi connectivity index (χ1n) is 16.2. The Labute approximate surface area is 299 Å². The van der Waals surface area contributed by atoms with Crippen LogP contribution in [0.15, 0.2) is 73.1 Å². The number of carboxylic acid groups (broad SMARTS) is 1. The number of aromatic carboxylic acids is 1. The second-order valence-corrected chi connectivity index (χ2v) is 13.3. The molecule has 0 unspecified atom stereocenters. The molecule has 13 heteroatoms. The van der Waals surface area contributed by atoms with E-state index in [1.807, 2.05) is 0 Å². The molecule has 7 rings (SSSR count). The number of phenols is 1. The van der Waals surface area contributed by atoms with Crippen molar-refractivity contribution in [3.63, 3.8) is 0 Å². The Morgan fingerprint density at radius 2 is 1.70 bits per heavy atom. The van der Waals surface area contributed by atoms with Gasteiger partial charge in [0.1, 0.15) is 21.9 Å². The third-order valence-corrected chi connectivity index (χ3v) is 10.2. The number of nitrogens with zero attached hydrogens (tertiary/aromatic N) is 3. The minimum absolute atomic E-state index is 0.0478. The summed E-state index contributed by atoms with van der Waals surface area (Å²) in [6.07, 6.45) is 3.70. The molecule has 4 aromatic rings. The minimum atomic E-state index is -1.41. The fourth-order valence-electron chi connectivity index (χ4n) is 6.96. The van der Waals surface area contributed by atoms with Crippen LogP contribution in [0.4, 0.5) is 10.5 Å². The largest absolute Gasteiger partial charge is 0.545 e. The van der Waals surface area contributed by atoms with Crippen molar-refractivity contribution in [1.29, 1.82) is 0 Å². The maximum atomic E-state index is 13.9. The predicted molar refractivity (Wildman–Crippen MR) is 183 cm³/mol. The van der Waals surface area contributed by atoms with Gasteiger partial charge >= 0.3 is 6.09 Å². The lowest BCUT2D eigenvalue weighted by Gasteiger charge is -2.44. The van der Waals surface area contributed by atoms with Crippen LogP contribution in [0.25, 0.3) is 0 Å². The molecule has 0 aliphatic carbocycles. The van der Waals surface area contributed by atoms with Crippen LogP contribution in [0.1, 0.15) is 51.4 Å². The number of halogens is 2. The van der Waals surface area contributed by atoms with Crippen LogP contribution in [0.2, 0.25) is 10.0 Å². The number of carbonyl (C=O) groups is 2. The van der Waals surface area contributed by atoms with E-state index in [4.69, 9.17) is 37.4 Å². The molecule has 1 amide bonds. The normalized spacial score (nSPS) is 18.7. The Kier molecular flexibility index (Phi) is 10.6. The fraction of sp³-hybridized carbons (Fsp3) is 0.324. The lowest BCUT2D eigenvalue weighted by Crippen LogP contribution is -2.53. The van der Waals surface area contributed by atoms with E-state index in [1.54, 1.807) is 48.5 Å². The molecule has 3 saturated heterocycles. The van der Waals surface area contributed by atoms with Gasteiger partial charge in [-0.15, -0.1) is 0 Å². The maximum Gasteiger partial charge on any atom is 0.415 e. The number of phenolic OH excluding ortho intramolecular Hbond substituents is 1. The zero-order valence-electron chi connectivity index (χ0n) is 27.6. The molecule has 3 aliphatic rings. The van der Waals surface area contributed by atoms with Gasteiger partial charge in [-0.3, -0.25) is 15.0 Å². The maximum absolute atomic E-state index is 13.9. The molecule has 2 bridgehead atoms. The number of methoxy groups -OCH3 is 2. The van der Waals surface area contributed by atoms with Crippen molar-refractivity contribution in [1.82, 2.24) is 4.90 Å². The summed E-state index contributed by atoms with van der Waals surface area (Å²) < 4.78 is 17.9. The average Bonchev–Trinajstić information content (AvgIpc) is 3.10. The number of hydrogen-bond donors (Lipinski definition) is 2. The van der Waals surface area contributed by atoms with E-state index in [0.29, 0.717) is 40.3 Å². The van der Waals surface area contributed by atoms with Crippen molar-refractivity contribution in [2.75, 3.05) is 38.8 Å². The highest BCUT2D eigenvalue weighted by Gasteiger charge is 2.38. The van der Waals surface area contributed by atoms with E-state index in [0.717, 1.165) is 30.7 Å². The first kappa shape index (κ1) is 35.1. The molecule has 3 aromatic carbocycles. The van der Waals surface area contributed by atoms with E-state index in [9.17, 15) is 25.0 Å². The van der Waals surface area contributed by atoms with E-state index >= 15 is 0 Å². The Morgan fingerprint density at radius 3 is 2.32 bits per heavy atom. The highest BCUT2D eigenvalue weighted by atomic mass is 35.5. The van der Waals surface area contributed by atoms with Crippen molar-refractivity contribution >= 4 is 41.0 Å². The summed E-state index contributed by atoms with van der Waals surface area (Å²) in [7, 11) is 3.01. The number of pyridine rings is 1. The summed E-state index contributed by atoms with van der Waals surface area (Å²) in [5.41, 5.74) is 2.19. The molecule has 4 heterocycles. The van der Waals surface area contributed by atoms with Crippen LogP contribution in [-0.4, -0.2) is 67.2 Å². The first-order valence-corrected chi connectivity index (χ1v) is 16.9. The van der Waals surface area contributed by atoms with Crippen LogP contribution in [0.3, 0.4) is 0 Å². The smallest absolute Gasteiger partial charge is 0.415 e. The van der Waals surface area contributed by atoms with Crippen molar-refractivity contribution in [3.05, 3.63) is 111 Å². The number of fused-ring (bicyclic) bond motifs is 3. The number of para-hydroxylation sites is 2. The molecular formula is C37H37Cl2N3O8. The number of amides is 1. The number of carbonyl (C=O) groups excluding carboxylic acids is 2. The number of carboxylic acids is 1. The van der Waals surface area contributed by atoms with Gasteiger partial charge in [0.2, 0.25) is 12.4 Å². The van der Waals surface area contributed by atoms with E-state index in [1.165, 1.54) is 43.6 Å². The van der Waals surface area contributed by atoms with Crippen molar-refractivity contribution in [2.24, 2.45) is 5.92 Å². The Hall–Kier alpha value is -4.71. The molecular weight excluding hydrogens is 685 g/mol. The Bertz CT molecular complexity index is 1880. The van der Waals surface area contributed by atoms with Crippen molar-refractivity contribution < 1.29 is 44.0 Å². The third-order valence-electron chi connectivity index (χ3n) is 9.58. The summed E-state index contributed by atoms with van der Waals surface area (Å²) in [6, 6.07) is 16.5. The molecule has 0 saturated carbocycles. The van der Waals surface area contributed by atoms with E-state index in [-0.39, 0.29) is 52.0 Å². The molecule has 50 heavy (non-hydrogen) atoms. The second-order valence-electron chi connectivity index (χ2n) is 12.5. The van der Waals surface area contributed by atoms with Gasteiger partial charge in [0.25, 0.3) is 0 Å². The minimum Gasteiger partial charge on any atom is -0.545 e. The summed E-state index contributed by atoms with van der Waals surface area (Å²) in [5, 5.41) is 33.8. The zero-order chi connectivity index (χ0) is 35.5. The first-order chi connectivity index (χ1) is 24.1. The predicted octanol–water partition coefficient (Wildman–Crippen LogP) is 5.22. The summed E-state index contributed by atoms with van der Waals surface area (Å²) >= 11 is 13.1. The zero-order valence-corrected chi connectivity index (χ0v) is 29.1. The van der Waals surface area contributed by atoms with Crippen LogP contribution < -0.4 is 24.2 Å². The number of benzene rings is 3.